The molecule has 7 nitrogen and oxygen atoms in total. The number of H-pyrrole nitrogens is 1. The first-order valence-electron chi connectivity index (χ1n) is 5.91. The molecule has 0 fully saturated rings. The van der Waals surface area contributed by atoms with E-state index in [1.807, 2.05) is 6.19 Å². The normalized spacial score (nSPS) is 11.1. The van der Waals surface area contributed by atoms with Gasteiger partial charge in [-0.05, 0) is 6.42 Å². The van der Waals surface area contributed by atoms with E-state index < -0.39 is 0 Å². The van der Waals surface area contributed by atoms with Crippen LogP contribution >= 0.6 is 0 Å². The van der Waals surface area contributed by atoms with Gasteiger partial charge in [0.15, 0.2) is 6.19 Å². The van der Waals surface area contributed by atoms with E-state index in [9.17, 15) is 0 Å². The number of nitrogens with one attached hydrogen (secondary N) is 4. The molecule has 0 atom stereocenters. The van der Waals surface area contributed by atoms with Crippen molar-refractivity contribution in [2.45, 2.75) is 19.9 Å². The van der Waals surface area contributed by atoms with Crippen LogP contribution in [-0.4, -0.2) is 36.1 Å². The molecule has 0 aliphatic heterocycles. The Labute approximate surface area is 107 Å². The molecule has 0 radical (unpaired) electrons. The number of hydrogen-bond donors (Lipinski definition) is 4. The average Bonchev–Trinajstić information content (AvgIpc) is 2.84. The number of rotatable bonds is 6. The van der Waals surface area contributed by atoms with Crippen molar-refractivity contribution in [2.24, 2.45) is 4.99 Å². The van der Waals surface area contributed by atoms with Gasteiger partial charge in [-0.2, -0.15) is 5.26 Å². The second kappa shape index (κ2) is 8.08. The Morgan fingerprint density at radius 2 is 2.44 bits per heavy atom. The molecule has 0 aliphatic rings. The summed E-state index contributed by atoms with van der Waals surface area (Å²) in [5, 5.41) is 17.0. The second-order valence-electron chi connectivity index (χ2n) is 3.58. The van der Waals surface area contributed by atoms with Crippen LogP contribution in [0.2, 0.25) is 0 Å². The summed E-state index contributed by atoms with van der Waals surface area (Å²) in [6.45, 7) is 4.14. The first kappa shape index (κ1) is 14.0. The van der Waals surface area contributed by atoms with Crippen LogP contribution in [0.25, 0.3) is 0 Å². The first-order valence-corrected chi connectivity index (χ1v) is 5.91. The van der Waals surface area contributed by atoms with Crippen molar-refractivity contribution in [1.29, 1.82) is 5.26 Å². The van der Waals surface area contributed by atoms with Gasteiger partial charge in [0, 0.05) is 25.8 Å². The van der Waals surface area contributed by atoms with Crippen LogP contribution in [0.15, 0.2) is 11.3 Å². The average molecular weight is 249 g/mol. The smallest absolute Gasteiger partial charge is 0.204 e. The number of guanidine groups is 1. The molecular weight excluding hydrogens is 230 g/mol. The quantitative estimate of drug-likeness (QED) is 0.182. The number of nitrogens with zero attached hydrogens (tertiary/aromatic N) is 3. The number of nitriles is 1. The van der Waals surface area contributed by atoms with Crippen LogP contribution in [0.3, 0.4) is 0 Å². The number of aryl methyl sites for hydroxylation is 1. The molecule has 0 aromatic carbocycles. The molecule has 1 aromatic heterocycles. The lowest BCUT2D eigenvalue weighted by atomic mass is 10.2. The third-order valence-electron chi connectivity index (χ3n) is 2.42. The highest BCUT2D eigenvalue weighted by Gasteiger charge is 2.01. The highest BCUT2D eigenvalue weighted by atomic mass is 15.2. The molecule has 7 heteroatoms. The van der Waals surface area contributed by atoms with Gasteiger partial charge in [0.1, 0.15) is 0 Å². The molecule has 0 spiro atoms. The zero-order valence-corrected chi connectivity index (χ0v) is 10.7. The van der Waals surface area contributed by atoms with Crippen molar-refractivity contribution in [2.75, 3.05) is 20.1 Å². The maximum Gasteiger partial charge on any atom is 0.204 e. The minimum Gasteiger partial charge on any atom is -0.359 e. The van der Waals surface area contributed by atoms with Gasteiger partial charge in [-0.1, -0.05) is 6.92 Å². The van der Waals surface area contributed by atoms with E-state index in [1.54, 1.807) is 13.4 Å². The summed E-state index contributed by atoms with van der Waals surface area (Å²) in [4.78, 5) is 11.5. The minimum absolute atomic E-state index is 0.480. The van der Waals surface area contributed by atoms with Crippen molar-refractivity contribution in [3.8, 4) is 6.19 Å². The maximum absolute atomic E-state index is 8.44. The predicted octanol–water partition coefficient (Wildman–Crippen LogP) is -0.292. The largest absolute Gasteiger partial charge is 0.359 e. The van der Waals surface area contributed by atoms with E-state index >= 15 is 0 Å². The Kier molecular flexibility index (Phi) is 6.28. The van der Waals surface area contributed by atoms with Gasteiger partial charge in [0.25, 0.3) is 0 Å². The number of aromatic nitrogens is 2. The van der Waals surface area contributed by atoms with E-state index in [1.165, 1.54) is 0 Å². The summed E-state index contributed by atoms with van der Waals surface area (Å²) in [5.74, 6) is 0.480. The summed E-state index contributed by atoms with van der Waals surface area (Å²) in [6.07, 6.45) is 4.48. The molecule has 1 heterocycles. The number of aliphatic imine (C=N–C) groups is 1. The molecular formula is C11H19N7. The van der Waals surface area contributed by atoms with Gasteiger partial charge in [-0.25, -0.2) is 4.98 Å². The SMILES string of the molecule is CCc1[nH]cnc1CNCCN=C(NC)NC#N. The lowest BCUT2D eigenvalue weighted by Crippen LogP contribution is -2.32. The first-order chi connectivity index (χ1) is 8.81. The van der Waals surface area contributed by atoms with Crippen LogP contribution in [0.4, 0.5) is 0 Å². The van der Waals surface area contributed by atoms with E-state index in [0.29, 0.717) is 12.5 Å². The van der Waals surface area contributed by atoms with Crippen LogP contribution in [0, 0.1) is 11.5 Å². The van der Waals surface area contributed by atoms with E-state index in [0.717, 1.165) is 30.9 Å². The standard InChI is InChI=1S/C11H19N7/c1-3-9-10(18-8-17-9)6-14-4-5-15-11(13-2)16-7-12/h8,14H,3-6H2,1-2H3,(H,17,18)(H2,13,15,16). The fourth-order valence-electron chi connectivity index (χ4n) is 1.50. The minimum atomic E-state index is 0.480. The summed E-state index contributed by atoms with van der Waals surface area (Å²) in [5.41, 5.74) is 2.21. The van der Waals surface area contributed by atoms with Crippen molar-refractivity contribution in [1.82, 2.24) is 25.9 Å². The monoisotopic (exact) mass is 249 g/mol. The molecule has 1 aromatic rings. The zero-order valence-electron chi connectivity index (χ0n) is 10.7. The molecule has 1 rings (SSSR count). The van der Waals surface area contributed by atoms with Crippen LogP contribution < -0.4 is 16.0 Å². The van der Waals surface area contributed by atoms with Gasteiger partial charge in [-0.15, -0.1) is 0 Å². The Balaban J connectivity index is 2.25. The van der Waals surface area contributed by atoms with Gasteiger partial charge < -0.3 is 15.6 Å². The Bertz CT molecular complexity index is 415. The number of aromatic amines is 1. The lowest BCUT2D eigenvalue weighted by Gasteiger charge is -2.04. The van der Waals surface area contributed by atoms with Crippen molar-refractivity contribution >= 4 is 5.96 Å². The van der Waals surface area contributed by atoms with Crippen molar-refractivity contribution < 1.29 is 0 Å². The second-order valence-corrected chi connectivity index (χ2v) is 3.58. The Morgan fingerprint density at radius 1 is 1.61 bits per heavy atom. The van der Waals surface area contributed by atoms with Gasteiger partial charge in [0.05, 0.1) is 18.6 Å². The number of imidazole rings is 1. The Morgan fingerprint density at radius 3 is 3.11 bits per heavy atom. The van der Waals surface area contributed by atoms with Crippen LogP contribution in [0.1, 0.15) is 18.3 Å². The van der Waals surface area contributed by atoms with E-state index in [2.05, 4.69) is 37.8 Å². The third-order valence-corrected chi connectivity index (χ3v) is 2.42. The molecule has 0 aliphatic carbocycles. The third kappa shape index (κ3) is 4.43. The van der Waals surface area contributed by atoms with Crippen molar-refractivity contribution in [3.05, 3.63) is 17.7 Å². The fraction of sp³-hybridized carbons (Fsp3) is 0.545. The van der Waals surface area contributed by atoms with Gasteiger partial charge in [0.2, 0.25) is 5.96 Å². The van der Waals surface area contributed by atoms with Crippen molar-refractivity contribution in [3.63, 3.8) is 0 Å². The molecule has 0 saturated heterocycles. The van der Waals surface area contributed by atoms with Gasteiger partial charge >= 0.3 is 0 Å². The predicted molar refractivity (Wildman–Crippen MR) is 69.8 cm³/mol. The summed E-state index contributed by atoms with van der Waals surface area (Å²) in [6, 6.07) is 0. The molecule has 4 N–H and O–H groups in total. The molecule has 0 unspecified atom stereocenters. The fourth-order valence-corrected chi connectivity index (χ4v) is 1.50. The zero-order chi connectivity index (χ0) is 13.2. The highest BCUT2D eigenvalue weighted by Crippen LogP contribution is 2.02. The summed E-state index contributed by atoms with van der Waals surface area (Å²) >= 11 is 0. The summed E-state index contributed by atoms with van der Waals surface area (Å²) < 4.78 is 0. The van der Waals surface area contributed by atoms with Gasteiger partial charge in [-0.3, -0.25) is 10.3 Å². The molecule has 18 heavy (non-hydrogen) atoms. The Hall–Kier alpha value is -2.07. The maximum atomic E-state index is 8.44. The molecule has 0 saturated carbocycles. The molecule has 0 bridgehead atoms. The molecule has 98 valence electrons. The number of hydrogen-bond acceptors (Lipinski definition) is 4. The van der Waals surface area contributed by atoms with E-state index in [-0.39, 0.29) is 0 Å². The van der Waals surface area contributed by atoms with E-state index in [4.69, 9.17) is 5.26 Å². The lowest BCUT2D eigenvalue weighted by molar-refractivity contribution is 0.678. The van der Waals surface area contributed by atoms with Crippen LogP contribution in [-0.2, 0) is 13.0 Å². The topological polar surface area (TPSA) is 101 Å². The highest BCUT2D eigenvalue weighted by molar-refractivity contribution is 5.80. The summed E-state index contributed by atoms with van der Waals surface area (Å²) in [7, 11) is 1.72. The van der Waals surface area contributed by atoms with Crippen LogP contribution in [0.5, 0.6) is 0 Å². The molecule has 0 amide bonds.